The number of carbonyl (C=O) groups excluding carboxylic acids is 1. The minimum atomic E-state index is 0.0307. The van der Waals surface area contributed by atoms with Gasteiger partial charge in [-0.2, -0.15) is 0 Å². The molecule has 7 heteroatoms. The fourth-order valence-electron chi connectivity index (χ4n) is 3.65. The molecule has 5 nitrogen and oxygen atoms in total. The first-order chi connectivity index (χ1) is 12.2. The third-order valence-corrected chi connectivity index (χ3v) is 6.22. The summed E-state index contributed by atoms with van der Waals surface area (Å²) < 4.78 is 1.04. The number of halogens is 1. The summed E-state index contributed by atoms with van der Waals surface area (Å²) >= 11 is 4.91. The molecule has 0 saturated carbocycles. The van der Waals surface area contributed by atoms with E-state index in [1.807, 2.05) is 29.6 Å². The van der Waals surface area contributed by atoms with Crippen LogP contribution in [0.15, 0.2) is 34.1 Å². The largest absolute Gasteiger partial charge is 0.301 e. The standard InChI is InChI=1S/C18H21BrN4OS/c19-14-5-3-13(4-6-14)16-12-25-18(20-16)21-17(24)11-22-8-9-23-7-1-2-15(23)10-22/h3-6,12,15H,1-2,7-11H2,(H,20,21,24)/t15-/m0/s1. The van der Waals surface area contributed by atoms with Crippen LogP contribution in [-0.4, -0.2) is 59.5 Å². The van der Waals surface area contributed by atoms with Gasteiger partial charge in [0.15, 0.2) is 5.13 Å². The number of amides is 1. The molecule has 1 atom stereocenters. The van der Waals surface area contributed by atoms with Crippen molar-refractivity contribution in [1.82, 2.24) is 14.8 Å². The quantitative estimate of drug-likeness (QED) is 0.823. The molecule has 2 fully saturated rings. The molecule has 3 heterocycles. The van der Waals surface area contributed by atoms with E-state index in [0.717, 1.165) is 35.4 Å². The van der Waals surface area contributed by atoms with Gasteiger partial charge in [-0.15, -0.1) is 11.3 Å². The van der Waals surface area contributed by atoms with Crippen molar-refractivity contribution >= 4 is 38.3 Å². The van der Waals surface area contributed by atoms with Gasteiger partial charge in [-0.1, -0.05) is 28.1 Å². The zero-order chi connectivity index (χ0) is 17.2. The number of hydrogen-bond acceptors (Lipinski definition) is 5. The molecule has 2 aliphatic heterocycles. The topological polar surface area (TPSA) is 48.5 Å². The number of hydrogen-bond donors (Lipinski definition) is 1. The Kier molecular flexibility index (Phi) is 5.17. The van der Waals surface area contributed by atoms with E-state index in [-0.39, 0.29) is 5.91 Å². The number of nitrogens with zero attached hydrogens (tertiary/aromatic N) is 3. The van der Waals surface area contributed by atoms with Crippen LogP contribution in [0.3, 0.4) is 0 Å². The van der Waals surface area contributed by atoms with Gasteiger partial charge in [0.25, 0.3) is 0 Å². The highest BCUT2D eigenvalue weighted by Gasteiger charge is 2.31. The number of thiazole rings is 1. The van der Waals surface area contributed by atoms with Crippen LogP contribution < -0.4 is 5.32 Å². The zero-order valence-corrected chi connectivity index (χ0v) is 16.4. The van der Waals surface area contributed by atoms with Crippen LogP contribution in [0.5, 0.6) is 0 Å². The summed E-state index contributed by atoms with van der Waals surface area (Å²) in [6.45, 7) is 4.75. The van der Waals surface area contributed by atoms with Gasteiger partial charge in [0.05, 0.1) is 12.2 Å². The fourth-order valence-corrected chi connectivity index (χ4v) is 4.65. The lowest BCUT2D eigenvalue weighted by atomic mass is 10.1. The number of carbonyl (C=O) groups is 1. The SMILES string of the molecule is O=C(CN1CCN2CCC[C@H]2C1)Nc1nc(-c2ccc(Br)cc2)cs1. The molecule has 1 aromatic heterocycles. The van der Waals surface area contributed by atoms with Crippen LogP contribution >= 0.6 is 27.3 Å². The van der Waals surface area contributed by atoms with E-state index in [4.69, 9.17) is 0 Å². The molecule has 1 aromatic carbocycles. The number of rotatable bonds is 4. The Labute approximate surface area is 160 Å². The van der Waals surface area contributed by atoms with Gasteiger partial charge < -0.3 is 5.32 Å². The van der Waals surface area contributed by atoms with Gasteiger partial charge in [0.1, 0.15) is 0 Å². The summed E-state index contributed by atoms with van der Waals surface area (Å²) in [7, 11) is 0. The Bertz CT molecular complexity index is 748. The smallest absolute Gasteiger partial charge is 0.240 e. The second-order valence-corrected chi connectivity index (χ2v) is 8.43. The van der Waals surface area contributed by atoms with Crippen LogP contribution in [0.2, 0.25) is 0 Å². The van der Waals surface area contributed by atoms with Gasteiger partial charge >= 0.3 is 0 Å². The van der Waals surface area contributed by atoms with E-state index >= 15 is 0 Å². The molecule has 2 saturated heterocycles. The van der Waals surface area contributed by atoms with Crippen LogP contribution in [0, 0.1) is 0 Å². The van der Waals surface area contributed by atoms with Crippen LogP contribution in [0.25, 0.3) is 11.3 Å². The maximum Gasteiger partial charge on any atom is 0.240 e. The van der Waals surface area contributed by atoms with Crippen molar-refractivity contribution in [1.29, 1.82) is 0 Å². The summed E-state index contributed by atoms with van der Waals surface area (Å²) in [5.74, 6) is 0.0307. The average Bonchev–Trinajstić information content (AvgIpc) is 3.24. The molecule has 0 unspecified atom stereocenters. The Balaban J connectivity index is 1.33. The van der Waals surface area contributed by atoms with Crippen molar-refractivity contribution in [2.24, 2.45) is 0 Å². The normalized spacial score (nSPS) is 21.2. The van der Waals surface area contributed by atoms with Crippen molar-refractivity contribution in [2.45, 2.75) is 18.9 Å². The molecule has 2 aromatic rings. The van der Waals surface area contributed by atoms with Gasteiger partial charge in [0.2, 0.25) is 5.91 Å². The number of aromatic nitrogens is 1. The summed E-state index contributed by atoms with van der Waals surface area (Å²) in [6, 6.07) is 8.67. The molecule has 0 spiro atoms. The van der Waals surface area contributed by atoms with Crippen molar-refractivity contribution in [3.8, 4) is 11.3 Å². The highest BCUT2D eigenvalue weighted by atomic mass is 79.9. The molecule has 4 rings (SSSR count). The lowest BCUT2D eigenvalue weighted by Gasteiger charge is -2.36. The van der Waals surface area contributed by atoms with E-state index in [2.05, 4.69) is 36.0 Å². The van der Waals surface area contributed by atoms with E-state index in [1.54, 1.807) is 0 Å². The predicted octanol–water partition coefficient (Wildman–Crippen LogP) is 3.29. The molecule has 25 heavy (non-hydrogen) atoms. The summed E-state index contributed by atoms with van der Waals surface area (Å²) in [5.41, 5.74) is 1.95. The van der Waals surface area contributed by atoms with E-state index < -0.39 is 0 Å². The van der Waals surface area contributed by atoms with Crippen LogP contribution in [0.1, 0.15) is 12.8 Å². The Morgan fingerprint density at radius 3 is 2.96 bits per heavy atom. The first-order valence-corrected chi connectivity index (χ1v) is 10.3. The van der Waals surface area contributed by atoms with Gasteiger partial charge in [-0.25, -0.2) is 4.98 Å². The third-order valence-electron chi connectivity index (χ3n) is 4.93. The van der Waals surface area contributed by atoms with Crippen LogP contribution in [0.4, 0.5) is 5.13 Å². The van der Waals surface area contributed by atoms with Crippen LogP contribution in [-0.2, 0) is 4.79 Å². The first-order valence-electron chi connectivity index (χ1n) is 8.65. The van der Waals surface area contributed by atoms with Gasteiger partial charge in [0, 0.05) is 41.1 Å². The molecule has 1 N–H and O–H groups in total. The Hall–Kier alpha value is -1.28. The van der Waals surface area contributed by atoms with Gasteiger partial charge in [-0.05, 0) is 31.5 Å². The maximum atomic E-state index is 12.4. The van der Waals surface area contributed by atoms with E-state index in [0.29, 0.717) is 17.7 Å². The van der Waals surface area contributed by atoms with Gasteiger partial charge in [-0.3, -0.25) is 14.6 Å². The average molecular weight is 421 g/mol. The summed E-state index contributed by atoms with van der Waals surface area (Å²) in [4.78, 5) is 21.7. The zero-order valence-electron chi connectivity index (χ0n) is 13.9. The Morgan fingerprint density at radius 2 is 2.12 bits per heavy atom. The summed E-state index contributed by atoms with van der Waals surface area (Å²) in [6.07, 6.45) is 2.56. The second kappa shape index (κ2) is 7.53. The minimum Gasteiger partial charge on any atom is -0.301 e. The van der Waals surface area contributed by atoms with E-state index in [9.17, 15) is 4.79 Å². The minimum absolute atomic E-state index is 0.0307. The number of anilines is 1. The Morgan fingerprint density at radius 1 is 1.28 bits per heavy atom. The third kappa shape index (κ3) is 4.11. The number of fused-ring (bicyclic) bond motifs is 1. The second-order valence-electron chi connectivity index (χ2n) is 6.66. The number of benzene rings is 1. The summed E-state index contributed by atoms with van der Waals surface area (Å²) in [5, 5.41) is 5.61. The molecule has 2 aliphatic rings. The van der Waals surface area contributed by atoms with Crippen molar-refractivity contribution in [3.05, 3.63) is 34.1 Å². The molecule has 0 radical (unpaired) electrons. The molecule has 132 valence electrons. The molecular formula is C18H21BrN4OS. The first kappa shape index (κ1) is 17.1. The van der Waals surface area contributed by atoms with Crippen molar-refractivity contribution < 1.29 is 4.79 Å². The van der Waals surface area contributed by atoms with E-state index in [1.165, 1.54) is 30.7 Å². The molecule has 1 amide bonds. The monoisotopic (exact) mass is 420 g/mol. The highest BCUT2D eigenvalue weighted by molar-refractivity contribution is 9.10. The van der Waals surface area contributed by atoms with Crippen molar-refractivity contribution in [3.63, 3.8) is 0 Å². The lowest BCUT2D eigenvalue weighted by molar-refractivity contribution is -0.117. The lowest BCUT2D eigenvalue weighted by Crippen LogP contribution is -2.51. The number of piperazine rings is 1. The fraction of sp³-hybridized carbons (Fsp3) is 0.444. The highest BCUT2D eigenvalue weighted by Crippen LogP contribution is 2.26. The molecule has 0 aliphatic carbocycles. The van der Waals surface area contributed by atoms with Crippen molar-refractivity contribution in [2.75, 3.05) is 38.0 Å². The predicted molar refractivity (Wildman–Crippen MR) is 105 cm³/mol. The number of nitrogens with one attached hydrogen (secondary N) is 1. The molecule has 0 bridgehead atoms. The maximum absolute atomic E-state index is 12.4. The molecular weight excluding hydrogens is 400 g/mol.